The first-order valence-corrected chi connectivity index (χ1v) is 10.3. The second-order valence-corrected chi connectivity index (χ2v) is 9.28. The summed E-state index contributed by atoms with van der Waals surface area (Å²) >= 11 is 6.00. The minimum Gasteiger partial charge on any atom is -0.306 e. The number of fused-ring (bicyclic) bond motifs is 1. The number of nitrogens with zero attached hydrogens (tertiary/aromatic N) is 2. The van der Waals surface area contributed by atoms with Crippen molar-refractivity contribution in [2.75, 3.05) is 11.4 Å². The lowest BCUT2D eigenvalue weighted by molar-refractivity contribution is 0.0980. The van der Waals surface area contributed by atoms with Gasteiger partial charge in [0.1, 0.15) is 0 Å². The van der Waals surface area contributed by atoms with Crippen LogP contribution in [0, 0.1) is 0 Å². The van der Waals surface area contributed by atoms with E-state index in [1.807, 2.05) is 6.07 Å². The zero-order chi connectivity index (χ0) is 17.6. The van der Waals surface area contributed by atoms with Gasteiger partial charge in [-0.2, -0.15) is 0 Å². The second-order valence-electron chi connectivity index (χ2n) is 6.57. The summed E-state index contributed by atoms with van der Waals surface area (Å²) in [6, 6.07) is 7.02. The molecule has 2 aliphatic rings. The molecular formula is C18H17ClN2O3S. The van der Waals surface area contributed by atoms with Gasteiger partial charge in [0.15, 0.2) is 9.84 Å². The second kappa shape index (κ2) is 6.11. The fourth-order valence-electron chi connectivity index (χ4n) is 3.18. The normalized spacial score (nSPS) is 17.5. The summed E-state index contributed by atoms with van der Waals surface area (Å²) in [5, 5.41) is 0.415. The molecular weight excluding hydrogens is 360 g/mol. The molecule has 1 fully saturated rings. The lowest BCUT2D eigenvalue weighted by atomic mass is 9.98. The van der Waals surface area contributed by atoms with Crippen molar-refractivity contribution < 1.29 is 13.2 Å². The molecule has 0 atom stereocenters. The monoisotopic (exact) mass is 376 g/mol. The van der Waals surface area contributed by atoms with Gasteiger partial charge in [-0.15, -0.1) is 0 Å². The van der Waals surface area contributed by atoms with E-state index in [4.69, 9.17) is 11.6 Å². The molecule has 0 radical (unpaired) electrons. The molecule has 1 aliphatic heterocycles. The summed E-state index contributed by atoms with van der Waals surface area (Å²) in [5.41, 5.74) is 2.83. The number of anilines is 1. The maximum absolute atomic E-state index is 12.8. The third-order valence-electron chi connectivity index (χ3n) is 4.64. The minimum absolute atomic E-state index is 0.0211. The standard InChI is InChI=1S/C18H17ClN2O3S/c19-14-1-4-17-13(8-14)5-6-21(18(17)22)15-7-12(9-20-10-15)11-25(23,24)16-2-3-16/h1,4,7-10,16H,2-3,5-6,11H2. The Morgan fingerprint density at radius 1 is 1.20 bits per heavy atom. The third kappa shape index (κ3) is 3.28. The van der Waals surface area contributed by atoms with Crippen LogP contribution in [-0.4, -0.2) is 31.1 Å². The summed E-state index contributed by atoms with van der Waals surface area (Å²) in [6.07, 6.45) is 5.36. The van der Waals surface area contributed by atoms with Crippen LogP contribution in [-0.2, 0) is 22.0 Å². The number of hydrogen-bond acceptors (Lipinski definition) is 4. The highest BCUT2D eigenvalue weighted by Crippen LogP contribution is 2.32. The van der Waals surface area contributed by atoms with E-state index < -0.39 is 9.84 Å². The van der Waals surface area contributed by atoms with E-state index in [9.17, 15) is 13.2 Å². The molecule has 1 saturated carbocycles. The molecule has 0 spiro atoms. The highest BCUT2D eigenvalue weighted by atomic mass is 35.5. The number of amides is 1. The number of aromatic nitrogens is 1. The van der Waals surface area contributed by atoms with E-state index in [0.29, 0.717) is 34.8 Å². The van der Waals surface area contributed by atoms with Gasteiger partial charge in [0, 0.05) is 23.3 Å². The molecule has 1 aromatic heterocycles. The topological polar surface area (TPSA) is 67.3 Å². The fourth-order valence-corrected chi connectivity index (χ4v) is 5.09. The first-order valence-electron chi connectivity index (χ1n) is 8.20. The highest BCUT2D eigenvalue weighted by Gasteiger charge is 2.35. The van der Waals surface area contributed by atoms with Gasteiger partial charge in [0.25, 0.3) is 5.91 Å². The van der Waals surface area contributed by atoms with Crippen molar-refractivity contribution in [2.24, 2.45) is 0 Å². The minimum atomic E-state index is -3.11. The molecule has 1 aliphatic carbocycles. The molecule has 0 N–H and O–H groups in total. The van der Waals surface area contributed by atoms with Crippen molar-refractivity contribution in [1.82, 2.24) is 4.98 Å². The molecule has 1 amide bonds. The number of benzene rings is 1. The van der Waals surface area contributed by atoms with Gasteiger partial charge < -0.3 is 4.90 Å². The summed E-state index contributed by atoms with van der Waals surface area (Å²) in [7, 11) is -3.11. The van der Waals surface area contributed by atoms with Gasteiger partial charge in [0.05, 0.1) is 22.9 Å². The number of hydrogen-bond donors (Lipinski definition) is 0. The fraction of sp³-hybridized carbons (Fsp3) is 0.333. The summed E-state index contributed by atoms with van der Waals surface area (Å²) in [4.78, 5) is 18.6. The third-order valence-corrected chi connectivity index (χ3v) is 7.10. The van der Waals surface area contributed by atoms with E-state index in [2.05, 4.69) is 4.98 Å². The number of halogens is 1. The van der Waals surface area contributed by atoms with Crippen LogP contribution >= 0.6 is 11.6 Å². The van der Waals surface area contributed by atoms with Gasteiger partial charge in [-0.25, -0.2) is 8.42 Å². The molecule has 2 aromatic rings. The zero-order valence-corrected chi connectivity index (χ0v) is 15.1. The van der Waals surface area contributed by atoms with Gasteiger partial charge in [-0.3, -0.25) is 9.78 Å². The van der Waals surface area contributed by atoms with Crippen LogP contribution in [0.4, 0.5) is 5.69 Å². The zero-order valence-electron chi connectivity index (χ0n) is 13.5. The van der Waals surface area contributed by atoms with Crippen LogP contribution in [0.15, 0.2) is 36.7 Å². The van der Waals surface area contributed by atoms with Crippen molar-refractivity contribution in [2.45, 2.75) is 30.3 Å². The van der Waals surface area contributed by atoms with Crippen LogP contribution in [0.25, 0.3) is 0 Å². The SMILES string of the molecule is O=C1c2ccc(Cl)cc2CCN1c1cncc(CS(=O)(=O)C2CC2)c1. The highest BCUT2D eigenvalue weighted by molar-refractivity contribution is 7.91. The summed E-state index contributed by atoms with van der Waals surface area (Å²) < 4.78 is 24.4. The number of pyridine rings is 1. The Balaban J connectivity index is 1.61. The number of carbonyl (C=O) groups is 1. The Hall–Kier alpha value is -1.92. The van der Waals surface area contributed by atoms with Gasteiger partial charge in [0.2, 0.25) is 0 Å². The van der Waals surface area contributed by atoms with Crippen molar-refractivity contribution >= 4 is 33.0 Å². The predicted octanol–water partition coefficient (Wildman–Crippen LogP) is 3.02. The number of carbonyl (C=O) groups excluding carboxylic acids is 1. The summed E-state index contributed by atoms with van der Waals surface area (Å²) in [5.74, 6) is -0.130. The molecule has 1 aromatic carbocycles. The van der Waals surface area contributed by atoms with Crippen LogP contribution in [0.2, 0.25) is 5.02 Å². The molecule has 0 bridgehead atoms. The lowest BCUT2D eigenvalue weighted by Gasteiger charge is -2.28. The molecule has 2 heterocycles. The average molecular weight is 377 g/mol. The smallest absolute Gasteiger partial charge is 0.258 e. The van der Waals surface area contributed by atoms with Crippen molar-refractivity contribution in [3.05, 3.63) is 58.4 Å². The molecule has 4 rings (SSSR count). The number of sulfone groups is 1. The van der Waals surface area contributed by atoms with Gasteiger partial charge in [-0.05, 0) is 54.7 Å². The molecule has 0 unspecified atom stereocenters. The average Bonchev–Trinajstić information content (AvgIpc) is 3.40. The van der Waals surface area contributed by atoms with Crippen LogP contribution < -0.4 is 4.90 Å². The number of rotatable bonds is 4. The van der Waals surface area contributed by atoms with Crippen molar-refractivity contribution in [3.63, 3.8) is 0 Å². The molecule has 25 heavy (non-hydrogen) atoms. The Kier molecular flexibility index (Phi) is 4.04. The first kappa shape index (κ1) is 16.5. The van der Waals surface area contributed by atoms with E-state index in [0.717, 1.165) is 18.4 Å². The molecule has 130 valence electrons. The Labute approximate surface area is 151 Å². The Morgan fingerprint density at radius 2 is 2.00 bits per heavy atom. The largest absolute Gasteiger partial charge is 0.306 e. The van der Waals surface area contributed by atoms with Gasteiger partial charge >= 0.3 is 0 Å². The van der Waals surface area contributed by atoms with Crippen LogP contribution in [0.5, 0.6) is 0 Å². The van der Waals surface area contributed by atoms with Crippen molar-refractivity contribution in [3.8, 4) is 0 Å². The maximum Gasteiger partial charge on any atom is 0.258 e. The Bertz CT molecular complexity index is 955. The molecule has 0 saturated heterocycles. The maximum atomic E-state index is 12.8. The van der Waals surface area contributed by atoms with Crippen LogP contribution in [0.1, 0.15) is 34.3 Å². The quantitative estimate of drug-likeness (QED) is 0.822. The van der Waals surface area contributed by atoms with Gasteiger partial charge in [-0.1, -0.05) is 11.6 Å². The van der Waals surface area contributed by atoms with Crippen LogP contribution in [0.3, 0.4) is 0 Å². The van der Waals surface area contributed by atoms with E-state index in [-0.39, 0.29) is 16.9 Å². The predicted molar refractivity (Wildman–Crippen MR) is 96.7 cm³/mol. The van der Waals surface area contributed by atoms with E-state index >= 15 is 0 Å². The first-order chi connectivity index (χ1) is 11.9. The summed E-state index contributed by atoms with van der Waals surface area (Å²) in [6.45, 7) is 0.521. The molecule has 5 nitrogen and oxygen atoms in total. The van der Waals surface area contributed by atoms with Crippen molar-refractivity contribution in [1.29, 1.82) is 0 Å². The Morgan fingerprint density at radius 3 is 2.76 bits per heavy atom. The lowest BCUT2D eigenvalue weighted by Crippen LogP contribution is -2.37. The molecule has 7 heteroatoms. The van der Waals surface area contributed by atoms with E-state index in [1.165, 1.54) is 0 Å². The van der Waals surface area contributed by atoms with E-state index in [1.54, 1.807) is 35.5 Å².